The first-order valence-corrected chi connectivity index (χ1v) is 9.50. The maximum atomic E-state index is 12.6. The molecular weight excluding hydrogens is 429 g/mol. The zero-order valence-corrected chi connectivity index (χ0v) is 17.2. The number of nitrogens with one attached hydrogen (secondary N) is 1. The van der Waals surface area contributed by atoms with Crippen LogP contribution in [0.5, 0.6) is 11.5 Å². The quantitative estimate of drug-likeness (QED) is 0.608. The molecule has 0 spiro atoms. The van der Waals surface area contributed by atoms with Crippen LogP contribution in [0.25, 0.3) is 0 Å². The summed E-state index contributed by atoms with van der Waals surface area (Å²) in [5.41, 5.74) is 2.80. The zero-order valence-electron chi connectivity index (χ0n) is 15.1. The van der Waals surface area contributed by atoms with Crippen LogP contribution in [-0.2, 0) is 0 Å². The summed E-state index contributed by atoms with van der Waals surface area (Å²) in [5, 5.41) is 3.05. The maximum Gasteiger partial charge on any atom is 0.252 e. The van der Waals surface area contributed by atoms with E-state index in [9.17, 15) is 4.79 Å². The van der Waals surface area contributed by atoms with Gasteiger partial charge in [-0.3, -0.25) is 4.79 Å². The van der Waals surface area contributed by atoms with Gasteiger partial charge in [0.2, 0.25) is 0 Å². The third kappa shape index (κ3) is 5.11. The van der Waals surface area contributed by atoms with E-state index in [0.29, 0.717) is 24.5 Å². The summed E-state index contributed by atoms with van der Waals surface area (Å²) in [4.78, 5) is 12.6. The Morgan fingerprint density at radius 2 is 1.76 bits per heavy atom. The normalized spacial score (nSPS) is 11.7. The Hall–Kier alpha value is -1.76. The average Bonchev–Trinajstić information content (AvgIpc) is 2.56. The van der Waals surface area contributed by atoms with Gasteiger partial charge in [-0.05, 0) is 80.1 Å². The molecule has 0 aliphatic carbocycles. The molecule has 0 saturated heterocycles. The molecule has 0 heterocycles. The molecule has 1 N–H and O–H groups in total. The topological polar surface area (TPSA) is 47.6 Å². The van der Waals surface area contributed by atoms with Gasteiger partial charge in [0, 0.05) is 3.57 Å². The summed E-state index contributed by atoms with van der Waals surface area (Å²) in [7, 11) is 0. The fourth-order valence-corrected chi connectivity index (χ4v) is 3.41. The minimum Gasteiger partial charge on any atom is -0.490 e. The third-order valence-electron chi connectivity index (χ3n) is 3.78. The summed E-state index contributed by atoms with van der Waals surface area (Å²) >= 11 is 2.20. The van der Waals surface area contributed by atoms with Crippen LogP contribution in [0.3, 0.4) is 0 Å². The Morgan fingerprint density at radius 1 is 1.08 bits per heavy atom. The van der Waals surface area contributed by atoms with Crippen molar-refractivity contribution in [1.29, 1.82) is 0 Å². The number of benzene rings is 2. The van der Waals surface area contributed by atoms with Gasteiger partial charge in [-0.25, -0.2) is 0 Å². The van der Waals surface area contributed by atoms with E-state index >= 15 is 0 Å². The molecule has 1 amide bonds. The highest BCUT2D eigenvalue weighted by Gasteiger charge is 2.16. The molecule has 5 heteroatoms. The number of ether oxygens (including phenoxy) is 2. The highest BCUT2D eigenvalue weighted by atomic mass is 127. The molecule has 1 atom stereocenters. The SMILES string of the molecule is CCOc1ccc(C(C)NC(=O)c2ccc(C)cc2I)cc1OCC. The van der Waals surface area contributed by atoms with E-state index in [0.717, 1.165) is 20.4 Å². The van der Waals surface area contributed by atoms with Crippen molar-refractivity contribution in [2.45, 2.75) is 33.7 Å². The van der Waals surface area contributed by atoms with Gasteiger partial charge in [0.05, 0.1) is 24.8 Å². The van der Waals surface area contributed by atoms with Gasteiger partial charge in [-0.1, -0.05) is 17.7 Å². The minimum atomic E-state index is -0.139. The van der Waals surface area contributed by atoms with Gasteiger partial charge in [0.15, 0.2) is 11.5 Å². The first kappa shape index (κ1) is 19.6. The lowest BCUT2D eigenvalue weighted by molar-refractivity contribution is 0.0939. The summed E-state index contributed by atoms with van der Waals surface area (Å²) < 4.78 is 12.2. The molecule has 4 nitrogen and oxygen atoms in total. The van der Waals surface area contributed by atoms with Crippen LogP contribution in [0.4, 0.5) is 0 Å². The Bertz CT molecular complexity index is 746. The monoisotopic (exact) mass is 453 g/mol. The molecule has 0 saturated carbocycles. The van der Waals surface area contributed by atoms with Gasteiger partial charge in [-0.2, -0.15) is 0 Å². The van der Waals surface area contributed by atoms with Crippen LogP contribution in [0.2, 0.25) is 0 Å². The highest BCUT2D eigenvalue weighted by Crippen LogP contribution is 2.31. The molecule has 0 radical (unpaired) electrons. The molecule has 25 heavy (non-hydrogen) atoms. The second-order valence-electron chi connectivity index (χ2n) is 5.75. The molecular formula is C20H24INO3. The number of amides is 1. The maximum absolute atomic E-state index is 12.6. The van der Waals surface area contributed by atoms with Crippen molar-refractivity contribution >= 4 is 28.5 Å². The standard InChI is InChI=1S/C20H24INO3/c1-5-24-18-10-8-15(12-19(18)25-6-2)14(4)22-20(23)16-9-7-13(3)11-17(16)21/h7-12,14H,5-6H2,1-4H3,(H,22,23). The Kier molecular flexibility index (Phi) is 7.11. The van der Waals surface area contributed by atoms with Crippen molar-refractivity contribution in [3.05, 3.63) is 56.7 Å². The van der Waals surface area contributed by atoms with Crippen molar-refractivity contribution in [1.82, 2.24) is 5.32 Å². The van der Waals surface area contributed by atoms with Crippen LogP contribution in [0.15, 0.2) is 36.4 Å². The Morgan fingerprint density at radius 3 is 2.40 bits per heavy atom. The molecule has 0 fully saturated rings. The largest absolute Gasteiger partial charge is 0.490 e. The van der Waals surface area contributed by atoms with Crippen molar-refractivity contribution in [3.8, 4) is 11.5 Å². The average molecular weight is 453 g/mol. The van der Waals surface area contributed by atoms with E-state index in [1.807, 2.05) is 64.1 Å². The second kappa shape index (κ2) is 9.08. The van der Waals surface area contributed by atoms with Gasteiger partial charge in [0.1, 0.15) is 0 Å². The lowest BCUT2D eigenvalue weighted by Crippen LogP contribution is -2.27. The third-order valence-corrected chi connectivity index (χ3v) is 4.68. The lowest BCUT2D eigenvalue weighted by Gasteiger charge is -2.18. The number of halogens is 1. The van der Waals surface area contributed by atoms with E-state index in [1.54, 1.807) is 0 Å². The Balaban J connectivity index is 2.18. The lowest BCUT2D eigenvalue weighted by atomic mass is 10.1. The van der Waals surface area contributed by atoms with Crippen molar-refractivity contribution in [3.63, 3.8) is 0 Å². The number of hydrogen-bond acceptors (Lipinski definition) is 3. The predicted octanol–water partition coefficient (Wildman–Crippen LogP) is 4.89. The van der Waals surface area contributed by atoms with Crippen LogP contribution in [0, 0.1) is 10.5 Å². The molecule has 2 aromatic rings. The molecule has 0 aliphatic heterocycles. The minimum absolute atomic E-state index is 0.0799. The van der Waals surface area contributed by atoms with Gasteiger partial charge >= 0.3 is 0 Å². The summed E-state index contributed by atoms with van der Waals surface area (Å²) in [6, 6.07) is 11.5. The predicted molar refractivity (Wildman–Crippen MR) is 109 cm³/mol. The first-order chi connectivity index (χ1) is 12.0. The number of rotatable bonds is 7. The molecule has 2 rings (SSSR count). The number of carbonyl (C=O) groups excluding carboxylic acids is 1. The number of carbonyl (C=O) groups is 1. The summed E-state index contributed by atoms with van der Waals surface area (Å²) in [5.74, 6) is 1.34. The van der Waals surface area contributed by atoms with E-state index in [1.165, 1.54) is 0 Å². The molecule has 2 aromatic carbocycles. The fourth-order valence-electron chi connectivity index (χ4n) is 2.50. The van der Waals surface area contributed by atoms with Gasteiger partial charge < -0.3 is 14.8 Å². The van der Waals surface area contributed by atoms with Crippen LogP contribution < -0.4 is 14.8 Å². The Labute approximate surface area is 163 Å². The molecule has 134 valence electrons. The molecule has 0 aromatic heterocycles. The zero-order chi connectivity index (χ0) is 18.4. The highest BCUT2D eigenvalue weighted by molar-refractivity contribution is 14.1. The molecule has 0 aliphatic rings. The van der Waals surface area contributed by atoms with Crippen molar-refractivity contribution < 1.29 is 14.3 Å². The van der Waals surface area contributed by atoms with E-state index in [2.05, 4.69) is 27.9 Å². The fraction of sp³-hybridized carbons (Fsp3) is 0.350. The smallest absolute Gasteiger partial charge is 0.252 e. The van der Waals surface area contributed by atoms with Gasteiger partial charge in [-0.15, -0.1) is 0 Å². The second-order valence-corrected chi connectivity index (χ2v) is 6.91. The van der Waals surface area contributed by atoms with Crippen LogP contribution >= 0.6 is 22.6 Å². The molecule has 1 unspecified atom stereocenters. The number of aryl methyl sites for hydroxylation is 1. The van der Waals surface area contributed by atoms with Crippen LogP contribution in [0.1, 0.15) is 48.3 Å². The number of hydrogen-bond donors (Lipinski definition) is 1. The first-order valence-electron chi connectivity index (χ1n) is 8.42. The van der Waals surface area contributed by atoms with E-state index in [-0.39, 0.29) is 11.9 Å². The summed E-state index contributed by atoms with van der Waals surface area (Å²) in [6.45, 7) is 9.00. The summed E-state index contributed by atoms with van der Waals surface area (Å²) in [6.07, 6.45) is 0. The van der Waals surface area contributed by atoms with E-state index < -0.39 is 0 Å². The van der Waals surface area contributed by atoms with Crippen LogP contribution in [-0.4, -0.2) is 19.1 Å². The van der Waals surface area contributed by atoms with Crippen molar-refractivity contribution in [2.24, 2.45) is 0 Å². The molecule has 0 bridgehead atoms. The van der Waals surface area contributed by atoms with Gasteiger partial charge in [0.25, 0.3) is 5.91 Å². The van der Waals surface area contributed by atoms with Crippen molar-refractivity contribution in [2.75, 3.05) is 13.2 Å². The van der Waals surface area contributed by atoms with E-state index in [4.69, 9.17) is 9.47 Å².